The minimum Gasteiger partial charge on any atom is -0.384 e. The first kappa shape index (κ1) is 13.8. The van der Waals surface area contributed by atoms with Crippen LogP contribution in [0.1, 0.15) is 49.2 Å². The number of nitrogens with one attached hydrogen (secondary N) is 2. The Morgan fingerprint density at radius 3 is 2.84 bits per heavy atom. The first-order valence-corrected chi connectivity index (χ1v) is 7.11. The van der Waals surface area contributed by atoms with Gasteiger partial charge in [0.25, 0.3) is 5.91 Å². The Balaban J connectivity index is 2.06. The molecule has 1 aromatic heterocycles. The van der Waals surface area contributed by atoms with Crippen molar-refractivity contribution in [3.63, 3.8) is 0 Å². The van der Waals surface area contributed by atoms with Crippen LogP contribution in [-0.2, 0) is 0 Å². The van der Waals surface area contributed by atoms with Gasteiger partial charge < -0.3 is 10.6 Å². The molecule has 0 atom stereocenters. The third kappa shape index (κ3) is 3.46. The number of hydrogen-bond acceptors (Lipinski definition) is 3. The Kier molecular flexibility index (Phi) is 4.40. The van der Waals surface area contributed by atoms with Crippen molar-refractivity contribution in [2.24, 2.45) is 5.92 Å². The first-order valence-electron chi connectivity index (χ1n) is 7.11. The minimum absolute atomic E-state index is 0.0111. The van der Waals surface area contributed by atoms with E-state index in [1.807, 2.05) is 13.0 Å². The van der Waals surface area contributed by atoms with Crippen molar-refractivity contribution in [1.82, 2.24) is 10.3 Å². The number of pyridine rings is 1. The topological polar surface area (TPSA) is 54.0 Å². The predicted molar refractivity (Wildman–Crippen MR) is 77.4 cm³/mol. The van der Waals surface area contributed by atoms with Crippen LogP contribution < -0.4 is 10.6 Å². The van der Waals surface area contributed by atoms with E-state index in [4.69, 9.17) is 0 Å². The fraction of sp³-hybridized carbons (Fsp3) is 0.600. The molecule has 0 aliphatic heterocycles. The Bertz CT molecular complexity index is 453. The summed E-state index contributed by atoms with van der Waals surface area (Å²) in [5.41, 5.74) is 2.46. The average Bonchev–Trinajstić information content (AvgIpc) is 2.34. The van der Waals surface area contributed by atoms with Crippen LogP contribution >= 0.6 is 0 Å². The average molecular weight is 261 g/mol. The summed E-state index contributed by atoms with van der Waals surface area (Å²) in [7, 11) is 0. The molecule has 0 saturated heterocycles. The predicted octanol–water partition coefficient (Wildman–Crippen LogP) is 2.74. The van der Waals surface area contributed by atoms with Crippen molar-refractivity contribution in [1.29, 1.82) is 0 Å². The summed E-state index contributed by atoms with van der Waals surface area (Å²) in [6.45, 7) is 7.12. The van der Waals surface area contributed by atoms with Crippen molar-refractivity contribution < 1.29 is 4.79 Å². The lowest BCUT2D eigenvalue weighted by Gasteiger charge is -2.33. The molecule has 2 rings (SSSR count). The molecular weight excluding hydrogens is 238 g/mol. The summed E-state index contributed by atoms with van der Waals surface area (Å²) in [4.78, 5) is 16.5. The highest BCUT2D eigenvalue weighted by molar-refractivity contribution is 5.99. The number of aryl methyl sites for hydroxylation is 1. The normalized spacial score (nSPS) is 21.6. The highest BCUT2D eigenvalue weighted by Crippen LogP contribution is 2.27. The number of anilines is 1. The minimum atomic E-state index is -0.0111. The van der Waals surface area contributed by atoms with Crippen LogP contribution in [0, 0.1) is 12.8 Å². The molecule has 104 valence electrons. The van der Waals surface area contributed by atoms with Gasteiger partial charge in [-0.2, -0.15) is 0 Å². The van der Waals surface area contributed by atoms with Gasteiger partial charge in [0, 0.05) is 24.5 Å². The van der Waals surface area contributed by atoms with Crippen LogP contribution in [0.3, 0.4) is 0 Å². The Labute approximate surface area is 115 Å². The molecule has 0 bridgehead atoms. The molecule has 1 amide bonds. The molecule has 0 aromatic carbocycles. The third-order valence-corrected chi connectivity index (χ3v) is 3.56. The quantitative estimate of drug-likeness (QED) is 0.857. The van der Waals surface area contributed by atoms with Gasteiger partial charge in [0.05, 0.1) is 11.3 Å². The molecule has 0 radical (unpaired) electrons. The maximum absolute atomic E-state index is 12.3. The number of carbonyl (C=O) groups excluding carboxylic acids is 1. The van der Waals surface area contributed by atoms with E-state index in [-0.39, 0.29) is 5.91 Å². The molecule has 1 aliphatic rings. The molecule has 1 saturated carbocycles. The SMILES string of the molecule is CCCNc1cc(C)ncc1C(=O)NC1CC(C)C1. The van der Waals surface area contributed by atoms with E-state index in [9.17, 15) is 4.79 Å². The molecule has 0 spiro atoms. The molecule has 0 unspecified atom stereocenters. The summed E-state index contributed by atoms with van der Waals surface area (Å²) >= 11 is 0. The van der Waals surface area contributed by atoms with Gasteiger partial charge in [-0.1, -0.05) is 13.8 Å². The third-order valence-electron chi connectivity index (χ3n) is 3.56. The van der Waals surface area contributed by atoms with Crippen molar-refractivity contribution >= 4 is 11.6 Å². The second-order valence-electron chi connectivity index (χ2n) is 5.55. The van der Waals surface area contributed by atoms with Crippen molar-refractivity contribution in [2.45, 2.75) is 46.1 Å². The van der Waals surface area contributed by atoms with Gasteiger partial charge in [-0.25, -0.2) is 0 Å². The zero-order valence-corrected chi connectivity index (χ0v) is 12.0. The summed E-state index contributed by atoms with van der Waals surface area (Å²) < 4.78 is 0. The van der Waals surface area contributed by atoms with Crippen molar-refractivity contribution in [3.05, 3.63) is 23.5 Å². The van der Waals surface area contributed by atoms with Crippen LogP contribution in [0.2, 0.25) is 0 Å². The maximum Gasteiger partial charge on any atom is 0.255 e. The lowest BCUT2D eigenvalue weighted by Crippen LogP contribution is -2.43. The molecular formula is C15H23N3O. The zero-order chi connectivity index (χ0) is 13.8. The van der Waals surface area contributed by atoms with Crippen LogP contribution in [-0.4, -0.2) is 23.5 Å². The molecule has 1 fully saturated rings. The summed E-state index contributed by atoms with van der Waals surface area (Å²) in [6.07, 6.45) is 4.87. The number of hydrogen-bond donors (Lipinski definition) is 2. The number of nitrogens with zero attached hydrogens (tertiary/aromatic N) is 1. The number of rotatable bonds is 5. The molecule has 4 nitrogen and oxygen atoms in total. The molecule has 1 heterocycles. The highest BCUT2D eigenvalue weighted by Gasteiger charge is 2.27. The van der Waals surface area contributed by atoms with Crippen molar-refractivity contribution in [2.75, 3.05) is 11.9 Å². The Morgan fingerprint density at radius 1 is 1.47 bits per heavy atom. The molecule has 1 aliphatic carbocycles. The number of aromatic nitrogens is 1. The Hall–Kier alpha value is -1.58. The summed E-state index contributed by atoms with van der Waals surface area (Å²) in [6, 6.07) is 2.27. The van der Waals surface area contributed by atoms with Crippen LogP contribution in [0.4, 0.5) is 5.69 Å². The summed E-state index contributed by atoms with van der Waals surface area (Å²) in [5.74, 6) is 0.724. The first-order chi connectivity index (χ1) is 9.10. The highest BCUT2D eigenvalue weighted by atomic mass is 16.1. The second-order valence-corrected chi connectivity index (χ2v) is 5.55. The van der Waals surface area contributed by atoms with Gasteiger partial charge in [0.15, 0.2) is 0 Å². The fourth-order valence-corrected chi connectivity index (χ4v) is 2.43. The van der Waals surface area contributed by atoms with Gasteiger partial charge in [-0.3, -0.25) is 9.78 Å². The zero-order valence-electron chi connectivity index (χ0n) is 12.0. The van der Waals surface area contributed by atoms with Crippen LogP contribution in [0.5, 0.6) is 0 Å². The fourth-order valence-electron chi connectivity index (χ4n) is 2.43. The molecule has 4 heteroatoms. The van der Waals surface area contributed by atoms with E-state index in [2.05, 4.69) is 29.5 Å². The van der Waals surface area contributed by atoms with Gasteiger partial charge >= 0.3 is 0 Å². The van der Waals surface area contributed by atoms with E-state index in [0.717, 1.165) is 43.1 Å². The monoisotopic (exact) mass is 261 g/mol. The van der Waals surface area contributed by atoms with Gasteiger partial charge in [-0.05, 0) is 38.2 Å². The smallest absolute Gasteiger partial charge is 0.255 e. The van der Waals surface area contributed by atoms with E-state index in [1.165, 1.54) is 0 Å². The van der Waals surface area contributed by atoms with E-state index in [0.29, 0.717) is 11.6 Å². The standard InChI is InChI=1S/C15H23N3O/c1-4-5-16-14-8-11(3)17-9-13(14)15(19)18-12-6-10(2)7-12/h8-10,12H,4-7H2,1-3H3,(H,16,17)(H,18,19). The van der Waals surface area contributed by atoms with Crippen molar-refractivity contribution in [3.8, 4) is 0 Å². The lowest BCUT2D eigenvalue weighted by molar-refractivity contribution is 0.0896. The second kappa shape index (κ2) is 6.04. The van der Waals surface area contributed by atoms with Gasteiger partial charge in [0.2, 0.25) is 0 Å². The molecule has 1 aromatic rings. The number of amides is 1. The summed E-state index contributed by atoms with van der Waals surface area (Å²) in [5, 5.41) is 6.38. The van der Waals surface area contributed by atoms with E-state index in [1.54, 1.807) is 6.20 Å². The lowest BCUT2D eigenvalue weighted by atomic mass is 9.82. The largest absolute Gasteiger partial charge is 0.384 e. The van der Waals surface area contributed by atoms with Gasteiger partial charge in [-0.15, -0.1) is 0 Å². The Morgan fingerprint density at radius 2 is 2.21 bits per heavy atom. The van der Waals surface area contributed by atoms with Crippen LogP contribution in [0.15, 0.2) is 12.3 Å². The molecule has 2 N–H and O–H groups in total. The van der Waals surface area contributed by atoms with Crippen LogP contribution in [0.25, 0.3) is 0 Å². The maximum atomic E-state index is 12.3. The molecule has 19 heavy (non-hydrogen) atoms. The van der Waals surface area contributed by atoms with E-state index >= 15 is 0 Å². The van der Waals surface area contributed by atoms with Gasteiger partial charge in [0.1, 0.15) is 0 Å². The van der Waals surface area contributed by atoms with E-state index < -0.39 is 0 Å². The number of carbonyl (C=O) groups is 1.